The summed E-state index contributed by atoms with van der Waals surface area (Å²) in [7, 11) is 0. The minimum Gasteiger partial charge on any atom is -0.507 e. The lowest BCUT2D eigenvalue weighted by molar-refractivity contribution is 0.222. The third-order valence-electron chi connectivity index (χ3n) is 9.77. The molecule has 4 heterocycles. The Morgan fingerprint density at radius 2 is 1.63 bits per heavy atom. The number of hydrogen-bond acceptors (Lipinski definition) is 11. The van der Waals surface area contributed by atoms with Crippen molar-refractivity contribution in [1.29, 1.82) is 0 Å². The lowest BCUT2D eigenvalue weighted by atomic mass is 9.96. The highest BCUT2D eigenvalue weighted by molar-refractivity contribution is 7.13. The molecule has 2 aliphatic heterocycles. The number of hydrogen-bond donors (Lipinski definition) is 3. The topological polar surface area (TPSA) is 130 Å². The van der Waals surface area contributed by atoms with Crippen molar-refractivity contribution in [2.45, 2.75) is 32.9 Å². The number of nitrogen functional groups attached to an aromatic ring is 1. The Kier molecular flexibility index (Phi) is 9.92. The quantitative estimate of drug-likeness (QED) is 0.163. The maximum absolute atomic E-state index is 10.3. The van der Waals surface area contributed by atoms with Crippen molar-refractivity contribution < 1.29 is 9.84 Å². The number of anilines is 3. The first-order valence-corrected chi connectivity index (χ1v) is 17.9. The van der Waals surface area contributed by atoms with E-state index in [9.17, 15) is 5.11 Å². The van der Waals surface area contributed by atoms with Crippen LogP contribution >= 0.6 is 11.3 Å². The van der Waals surface area contributed by atoms with Gasteiger partial charge in [-0.05, 0) is 84.8 Å². The van der Waals surface area contributed by atoms with Crippen LogP contribution in [-0.4, -0.2) is 71.1 Å². The van der Waals surface area contributed by atoms with E-state index in [4.69, 9.17) is 16.2 Å². The number of aryl methyl sites for hydroxylation is 1. The maximum atomic E-state index is 10.3. The van der Waals surface area contributed by atoms with E-state index in [1.807, 2.05) is 23.7 Å². The summed E-state index contributed by atoms with van der Waals surface area (Å²) in [5, 5.41) is 18.7. The van der Waals surface area contributed by atoms with E-state index < -0.39 is 0 Å². The fourth-order valence-electron chi connectivity index (χ4n) is 6.89. The van der Waals surface area contributed by atoms with Gasteiger partial charge in [0, 0.05) is 63.6 Å². The minimum atomic E-state index is 0.178. The SMILES string of the molecule is Cc1ncsc1-c1ccc(N2CCC(COc3ccc(CN4CCN(c5cc(-c6ccccc6O)nnc5N)CC4)cc3)CC2)c(CN)c1. The van der Waals surface area contributed by atoms with Gasteiger partial charge in [0.25, 0.3) is 0 Å². The zero-order valence-electron chi connectivity index (χ0n) is 28.0. The standard InChI is InChI=1S/C38H44N8O2S/c1-26-37(49-25-41-26)29-8-11-34(30(20-29)22-39)45-14-12-28(13-15-45)24-48-31-9-6-27(7-10-31)23-44-16-18-46(19-17-44)35-21-33(42-43-38(35)40)32-4-2-3-5-36(32)47/h2-11,20-21,25,28,47H,12-19,22-24,39H2,1H3,(H2,40,43). The molecule has 3 aromatic carbocycles. The molecule has 0 saturated carbocycles. The molecule has 2 fully saturated rings. The summed E-state index contributed by atoms with van der Waals surface area (Å²) < 4.78 is 6.27. The third kappa shape index (κ3) is 7.49. The van der Waals surface area contributed by atoms with Gasteiger partial charge in [-0.15, -0.1) is 21.5 Å². The first-order valence-electron chi connectivity index (χ1n) is 17.0. The van der Waals surface area contributed by atoms with E-state index in [0.717, 1.165) is 82.4 Å². The van der Waals surface area contributed by atoms with Crippen LogP contribution in [0.1, 0.15) is 29.7 Å². The minimum absolute atomic E-state index is 0.178. The summed E-state index contributed by atoms with van der Waals surface area (Å²) in [5.41, 5.74) is 22.4. The van der Waals surface area contributed by atoms with Gasteiger partial charge in [-0.25, -0.2) is 4.98 Å². The second-order valence-corrected chi connectivity index (χ2v) is 13.8. The number of phenolic OH excluding ortho intramolecular Hbond substituents is 1. The van der Waals surface area contributed by atoms with Crippen LogP contribution in [0, 0.1) is 12.8 Å². The Hall–Kier alpha value is -4.71. The van der Waals surface area contributed by atoms with Gasteiger partial charge in [-0.3, -0.25) is 4.90 Å². The summed E-state index contributed by atoms with van der Waals surface area (Å²) in [6.07, 6.45) is 2.20. The molecule has 2 saturated heterocycles. The number of nitrogens with two attached hydrogens (primary N) is 2. The molecule has 0 aliphatic carbocycles. The number of piperazine rings is 1. The van der Waals surface area contributed by atoms with Gasteiger partial charge < -0.3 is 31.1 Å². The van der Waals surface area contributed by atoms with Crippen molar-refractivity contribution in [2.24, 2.45) is 11.7 Å². The highest BCUT2D eigenvalue weighted by Gasteiger charge is 2.23. The number of benzene rings is 3. The van der Waals surface area contributed by atoms with Gasteiger partial charge >= 0.3 is 0 Å². The average molecular weight is 677 g/mol. The van der Waals surface area contributed by atoms with Crippen molar-refractivity contribution in [3.8, 4) is 33.2 Å². The Balaban J connectivity index is 0.867. The molecule has 254 valence electrons. The van der Waals surface area contributed by atoms with Gasteiger partial charge in [0.05, 0.1) is 34.1 Å². The zero-order chi connectivity index (χ0) is 33.7. The van der Waals surface area contributed by atoms with Crippen molar-refractivity contribution >= 4 is 28.5 Å². The van der Waals surface area contributed by atoms with E-state index in [0.29, 0.717) is 29.5 Å². The molecule has 0 spiro atoms. The summed E-state index contributed by atoms with van der Waals surface area (Å²) in [4.78, 5) is 12.8. The molecular formula is C38H44N8O2S. The van der Waals surface area contributed by atoms with Crippen LogP contribution in [0.3, 0.4) is 0 Å². The molecule has 0 radical (unpaired) electrons. The molecule has 49 heavy (non-hydrogen) atoms. The first kappa shape index (κ1) is 32.8. The van der Waals surface area contributed by atoms with Crippen molar-refractivity contribution in [3.63, 3.8) is 0 Å². The second kappa shape index (κ2) is 14.8. The Morgan fingerprint density at radius 3 is 2.35 bits per heavy atom. The maximum Gasteiger partial charge on any atom is 0.169 e. The summed E-state index contributed by atoms with van der Waals surface area (Å²) in [6.45, 7) is 9.71. The summed E-state index contributed by atoms with van der Waals surface area (Å²) in [6, 6.07) is 24.3. The first-order chi connectivity index (χ1) is 23.9. The highest BCUT2D eigenvalue weighted by atomic mass is 32.1. The lowest BCUT2D eigenvalue weighted by Gasteiger charge is -2.36. The second-order valence-electron chi connectivity index (χ2n) is 13.0. The number of aromatic nitrogens is 3. The van der Waals surface area contributed by atoms with E-state index >= 15 is 0 Å². The Morgan fingerprint density at radius 1 is 0.878 bits per heavy atom. The monoisotopic (exact) mass is 676 g/mol. The number of para-hydroxylation sites is 1. The van der Waals surface area contributed by atoms with E-state index in [-0.39, 0.29) is 5.75 Å². The van der Waals surface area contributed by atoms with Crippen molar-refractivity contribution in [2.75, 3.05) is 61.4 Å². The van der Waals surface area contributed by atoms with Crippen LogP contribution in [0.25, 0.3) is 21.7 Å². The van der Waals surface area contributed by atoms with Crippen molar-refractivity contribution in [1.82, 2.24) is 20.1 Å². The predicted octanol–water partition coefficient (Wildman–Crippen LogP) is 5.94. The van der Waals surface area contributed by atoms with E-state index in [2.05, 4.69) is 79.3 Å². The number of phenols is 1. The lowest BCUT2D eigenvalue weighted by Crippen LogP contribution is -2.46. The fourth-order valence-corrected chi connectivity index (χ4v) is 7.70. The normalized spacial score (nSPS) is 15.9. The summed E-state index contributed by atoms with van der Waals surface area (Å²) in [5.74, 6) is 2.04. The largest absolute Gasteiger partial charge is 0.507 e. The van der Waals surface area contributed by atoms with Crippen LogP contribution in [0.4, 0.5) is 17.2 Å². The van der Waals surface area contributed by atoms with Crippen molar-refractivity contribution in [3.05, 3.63) is 95.1 Å². The van der Waals surface area contributed by atoms with Gasteiger partial charge in [-0.1, -0.05) is 30.3 Å². The molecule has 2 aromatic heterocycles. The molecule has 5 N–H and O–H groups in total. The molecule has 7 rings (SSSR count). The molecule has 10 nitrogen and oxygen atoms in total. The third-order valence-corrected chi connectivity index (χ3v) is 10.7. The van der Waals surface area contributed by atoms with E-state index in [1.54, 1.807) is 23.5 Å². The number of rotatable bonds is 10. The zero-order valence-corrected chi connectivity index (χ0v) is 28.8. The van der Waals surface area contributed by atoms with Crippen LogP contribution in [0.5, 0.6) is 11.5 Å². The molecule has 0 atom stereocenters. The molecule has 0 amide bonds. The number of piperidine rings is 1. The number of nitrogens with zero attached hydrogens (tertiary/aromatic N) is 6. The Labute approximate surface area is 292 Å². The van der Waals surface area contributed by atoms with Crippen LogP contribution in [-0.2, 0) is 13.1 Å². The van der Waals surface area contributed by atoms with Gasteiger partial charge in [0.2, 0.25) is 0 Å². The predicted molar refractivity (Wildman–Crippen MR) is 198 cm³/mol. The number of thiazole rings is 1. The molecule has 0 bridgehead atoms. The highest BCUT2D eigenvalue weighted by Crippen LogP contribution is 2.34. The summed E-state index contributed by atoms with van der Waals surface area (Å²) >= 11 is 1.68. The van der Waals surface area contributed by atoms with Gasteiger partial charge in [0.15, 0.2) is 5.82 Å². The molecular weight excluding hydrogens is 633 g/mol. The molecule has 11 heteroatoms. The van der Waals surface area contributed by atoms with Crippen LogP contribution < -0.4 is 26.0 Å². The smallest absolute Gasteiger partial charge is 0.169 e. The molecule has 5 aromatic rings. The van der Waals surface area contributed by atoms with Gasteiger partial charge in [0.1, 0.15) is 11.5 Å². The molecule has 0 unspecified atom stereocenters. The molecule has 2 aliphatic rings. The fraction of sp³-hybridized carbons (Fsp3) is 0.342. The van der Waals surface area contributed by atoms with E-state index in [1.165, 1.54) is 27.3 Å². The van der Waals surface area contributed by atoms with Crippen LogP contribution in [0.15, 0.2) is 78.3 Å². The Bertz CT molecular complexity index is 1860. The number of ether oxygens (including phenoxy) is 1. The van der Waals surface area contributed by atoms with Gasteiger partial charge in [-0.2, -0.15) is 0 Å². The number of aromatic hydroxyl groups is 1. The average Bonchev–Trinajstić information content (AvgIpc) is 3.58. The van der Waals surface area contributed by atoms with Crippen LogP contribution in [0.2, 0.25) is 0 Å².